The smallest absolute Gasteiger partial charge is 0.308 e. The zero-order chi connectivity index (χ0) is 22.6. The molecule has 1 aliphatic heterocycles. The van der Waals surface area contributed by atoms with E-state index in [-0.39, 0.29) is 12.4 Å². The van der Waals surface area contributed by atoms with Crippen molar-refractivity contribution in [3.8, 4) is 0 Å². The minimum Gasteiger partial charge on any atom is -0.469 e. The maximum Gasteiger partial charge on any atom is 0.308 e. The van der Waals surface area contributed by atoms with Crippen molar-refractivity contribution in [3.05, 3.63) is 36.5 Å². The van der Waals surface area contributed by atoms with E-state index in [1.165, 1.54) is 71.3 Å². The van der Waals surface area contributed by atoms with Crippen LogP contribution in [0.3, 0.4) is 0 Å². The number of unbranched alkanes of at least 4 members (excludes halogenated alkanes) is 11. The topological polar surface area (TPSA) is 54.0 Å². The molecule has 1 heterocycles. The van der Waals surface area contributed by atoms with Gasteiger partial charge in [0.05, 0.1) is 13.5 Å². The lowest BCUT2D eigenvalue weighted by Crippen LogP contribution is -2.38. The molecule has 1 rings (SSSR count). The van der Waals surface area contributed by atoms with Crippen molar-refractivity contribution in [3.63, 3.8) is 0 Å². The third-order valence-electron chi connectivity index (χ3n) is 5.65. The van der Waals surface area contributed by atoms with Gasteiger partial charge in [0.15, 0.2) is 0 Å². The summed E-state index contributed by atoms with van der Waals surface area (Å²) >= 11 is 0. The van der Waals surface area contributed by atoms with Crippen LogP contribution in [-0.4, -0.2) is 32.1 Å². The van der Waals surface area contributed by atoms with Crippen LogP contribution in [0, 0.1) is 0 Å². The second kappa shape index (κ2) is 18.2. The SMILES string of the molecule is C/C=C/C=C/CCCCCCCCCCCCCC1(OC)C=CC(CC(=O)OC)OO1. The first-order valence-electron chi connectivity index (χ1n) is 12.1. The Labute approximate surface area is 189 Å². The first-order valence-corrected chi connectivity index (χ1v) is 12.1. The standard InChI is InChI=1S/C26H44O5/c1-4-5-6-7-8-9-10-11-12-13-14-15-16-17-18-19-21-26(29-3)22-20-24(30-31-26)23-25(27)28-2/h4-7,20,22,24H,8-19,21,23H2,1-3H3/b5-4+,7-6+. The molecule has 1 aliphatic rings. The van der Waals surface area contributed by atoms with Crippen LogP contribution in [0.2, 0.25) is 0 Å². The maximum atomic E-state index is 11.3. The van der Waals surface area contributed by atoms with Crippen molar-refractivity contribution in [2.24, 2.45) is 0 Å². The summed E-state index contributed by atoms with van der Waals surface area (Å²) in [6.45, 7) is 2.05. The van der Waals surface area contributed by atoms with Crippen molar-refractivity contribution in [2.45, 2.75) is 109 Å². The number of methoxy groups -OCH3 is 2. The van der Waals surface area contributed by atoms with E-state index >= 15 is 0 Å². The summed E-state index contributed by atoms with van der Waals surface area (Å²) in [4.78, 5) is 22.1. The van der Waals surface area contributed by atoms with E-state index in [0.29, 0.717) is 0 Å². The quantitative estimate of drug-likeness (QED) is 0.0762. The van der Waals surface area contributed by atoms with Gasteiger partial charge in [0.2, 0.25) is 5.79 Å². The van der Waals surface area contributed by atoms with Crippen LogP contribution in [0.15, 0.2) is 36.5 Å². The first-order chi connectivity index (χ1) is 15.2. The molecule has 0 spiro atoms. The molecule has 0 N–H and O–H groups in total. The van der Waals surface area contributed by atoms with Crippen molar-refractivity contribution in [2.75, 3.05) is 14.2 Å². The second-order valence-electron chi connectivity index (χ2n) is 8.26. The Morgan fingerprint density at radius 2 is 1.55 bits per heavy atom. The highest BCUT2D eigenvalue weighted by Crippen LogP contribution is 2.28. The highest BCUT2D eigenvalue weighted by molar-refractivity contribution is 5.70. The molecule has 31 heavy (non-hydrogen) atoms. The molecule has 2 unspecified atom stereocenters. The van der Waals surface area contributed by atoms with Crippen molar-refractivity contribution >= 4 is 5.97 Å². The minimum absolute atomic E-state index is 0.140. The van der Waals surface area contributed by atoms with Crippen LogP contribution in [0.25, 0.3) is 0 Å². The van der Waals surface area contributed by atoms with Gasteiger partial charge < -0.3 is 9.47 Å². The van der Waals surface area contributed by atoms with E-state index in [0.717, 1.165) is 19.3 Å². The van der Waals surface area contributed by atoms with E-state index in [2.05, 4.69) is 29.0 Å². The van der Waals surface area contributed by atoms with Crippen LogP contribution in [0.4, 0.5) is 0 Å². The van der Waals surface area contributed by atoms with E-state index in [1.54, 1.807) is 7.11 Å². The number of rotatable bonds is 18. The zero-order valence-electron chi connectivity index (χ0n) is 20.0. The summed E-state index contributed by atoms with van der Waals surface area (Å²) in [5.74, 6) is -1.16. The lowest BCUT2D eigenvalue weighted by molar-refractivity contribution is -0.428. The highest BCUT2D eigenvalue weighted by Gasteiger charge is 2.34. The molecule has 0 aliphatic carbocycles. The van der Waals surface area contributed by atoms with Crippen molar-refractivity contribution < 1.29 is 24.0 Å². The zero-order valence-corrected chi connectivity index (χ0v) is 20.0. The number of hydrogen-bond donors (Lipinski definition) is 0. The predicted octanol–water partition coefficient (Wildman–Crippen LogP) is 6.98. The molecular weight excluding hydrogens is 392 g/mol. The first kappa shape index (κ1) is 27.6. The molecule has 0 aromatic rings. The van der Waals surface area contributed by atoms with Gasteiger partial charge in [-0.15, -0.1) is 0 Å². The molecule has 0 bridgehead atoms. The molecule has 0 saturated carbocycles. The second-order valence-corrected chi connectivity index (χ2v) is 8.26. The average molecular weight is 437 g/mol. The molecule has 0 aromatic heterocycles. The summed E-state index contributed by atoms with van der Waals surface area (Å²) in [6, 6.07) is 0. The molecule has 0 saturated heterocycles. The van der Waals surface area contributed by atoms with Crippen molar-refractivity contribution in [1.82, 2.24) is 0 Å². The number of hydrogen-bond acceptors (Lipinski definition) is 5. The fraction of sp³-hybridized carbons (Fsp3) is 0.731. The largest absolute Gasteiger partial charge is 0.469 e. The fourth-order valence-electron chi connectivity index (χ4n) is 3.65. The molecule has 2 atom stereocenters. The predicted molar refractivity (Wildman–Crippen MR) is 125 cm³/mol. The van der Waals surface area contributed by atoms with Gasteiger partial charge in [0, 0.05) is 13.5 Å². The lowest BCUT2D eigenvalue weighted by atomic mass is 10.0. The molecule has 0 aromatic carbocycles. The van der Waals surface area contributed by atoms with Gasteiger partial charge in [-0.3, -0.25) is 4.79 Å². The molecule has 178 valence electrons. The van der Waals surface area contributed by atoms with Gasteiger partial charge >= 0.3 is 5.97 Å². The Balaban J connectivity index is 1.97. The third kappa shape index (κ3) is 13.6. The number of allylic oxidation sites excluding steroid dienone is 4. The summed E-state index contributed by atoms with van der Waals surface area (Å²) in [7, 11) is 2.98. The van der Waals surface area contributed by atoms with Crippen LogP contribution in [-0.2, 0) is 24.0 Å². The monoisotopic (exact) mass is 436 g/mol. The summed E-state index contributed by atoms with van der Waals surface area (Å²) in [6.07, 6.45) is 28.1. The molecular formula is C26H44O5. The lowest BCUT2D eigenvalue weighted by Gasteiger charge is -2.32. The van der Waals surface area contributed by atoms with Gasteiger partial charge in [-0.2, -0.15) is 4.89 Å². The van der Waals surface area contributed by atoms with Crippen LogP contribution < -0.4 is 0 Å². The van der Waals surface area contributed by atoms with E-state index in [4.69, 9.17) is 14.5 Å². The van der Waals surface area contributed by atoms with Gasteiger partial charge in [-0.1, -0.05) is 88.2 Å². The highest BCUT2D eigenvalue weighted by atomic mass is 17.2. The number of ether oxygens (including phenoxy) is 2. The summed E-state index contributed by atoms with van der Waals surface area (Å²) < 4.78 is 10.2. The maximum absolute atomic E-state index is 11.3. The number of esters is 1. The van der Waals surface area contributed by atoms with E-state index in [1.807, 2.05) is 19.1 Å². The molecule has 5 nitrogen and oxygen atoms in total. The normalized spacial score (nSPS) is 21.3. The van der Waals surface area contributed by atoms with Crippen LogP contribution in [0.1, 0.15) is 96.8 Å². The van der Waals surface area contributed by atoms with Gasteiger partial charge in [-0.05, 0) is 32.3 Å². The summed E-state index contributed by atoms with van der Waals surface area (Å²) in [5, 5.41) is 0. The molecule has 0 radical (unpaired) electrons. The van der Waals surface area contributed by atoms with Crippen LogP contribution >= 0.6 is 0 Å². The summed E-state index contributed by atoms with van der Waals surface area (Å²) in [5.41, 5.74) is 0. The molecule has 0 amide bonds. The van der Waals surface area contributed by atoms with E-state index < -0.39 is 11.9 Å². The van der Waals surface area contributed by atoms with Gasteiger partial charge in [-0.25, -0.2) is 4.89 Å². The Morgan fingerprint density at radius 3 is 2.06 bits per heavy atom. The number of carbonyl (C=O) groups excluding carboxylic acids is 1. The van der Waals surface area contributed by atoms with Crippen molar-refractivity contribution in [1.29, 1.82) is 0 Å². The van der Waals surface area contributed by atoms with Gasteiger partial charge in [0.1, 0.15) is 6.10 Å². The van der Waals surface area contributed by atoms with E-state index in [9.17, 15) is 4.79 Å². The molecule has 5 heteroatoms. The number of carbonyl (C=O) groups is 1. The Kier molecular flexibility index (Phi) is 16.2. The minimum atomic E-state index is -0.838. The van der Waals surface area contributed by atoms with Crippen LogP contribution in [0.5, 0.6) is 0 Å². The third-order valence-corrected chi connectivity index (χ3v) is 5.65. The average Bonchev–Trinajstić information content (AvgIpc) is 2.80. The fourth-order valence-corrected chi connectivity index (χ4v) is 3.65. The Bertz CT molecular complexity index is 540. The molecule has 0 fully saturated rings. The Morgan fingerprint density at radius 1 is 0.935 bits per heavy atom. The van der Waals surface area contributed by atoms with Gasteiger partial charge in [0.25, 0.3) is 0 Å². The Hall–Kier alpha value is -1.43.